The zero-order valence-corrected chi connectivity index (χ0v) is 19.4. The van der Waals surface area contributed by atoms with E-state index in [1.165, 1.54) is 12.0 Å². The highest BCUT2D eigenvalue weighted by atomic mass is 32.1. The van der Waals surface area contributed by atoms with Crippen LogP contribution >= 0.6 is 22.7 Å². The van der Waals surface area contributed by atoms with Crippen LogP contribution in [0.5, 0.6) is 0 Å². The van der Waals surface area contributed by atoms with Crippen molar-refractivity contribution in [3.05, 3.63) is 82.8 Å². The summed E-state index contributed by atoms with van der Waals surface area (Å²) in [6.07, 6.45) is 8.43. The molecule has 0 aliphatic carbocycles. The average molecular weight is 460 g/mol. The average Bonchev–Trinajstić information content (AvgIpc) is 3.44. The van der Waals surface area contributed by atoms with Crippen molar-refractivity contribution in [1.29, 1.82) is 0 Å². The van der Waals surface area contributed by atoms with E-state index < -0.39 is 0 Å². The summed E-state index contributed by atoms with van der Waals surface area (Å²) in [5.41, 5.74) is 3.23. The molecule has 162 valence electrons. The van der Waals surface area contributed by atoms with Crippen molar-refractivity contribution in [3.8, 4) is 21.1 Å². The van der Waals surface area contributed by atoms with Crippen molar-refractivity contribution in [1.82, 2.24) is 14.9 Å². The first kappa shape index (κ1) is 21.0. The molecule has 4 heterocycles. The number of pyridine rings is 1. The summed E-state index contributed by atoms with van der Waals surface area (Å²) in [5, 5.41) is 3.04. The Labute approximate surface area is 196 Å². The maximum atomic E-state index is 13.7. The molecule has 0 spiro atoms. The summed E-state index contributed by atoms with van der Waals surface area (Å²) in [4.78, 5) is 27.1. The lowest BCUT2D eigenvalue weighted by atomic mass is 10.0. The van der Waals surface area contributed by atoms with Gasteiger partial charge in [0.05, 0.1) is 23.0 Å². The molecule has 4 nitrogen and oxygen atoms in total. The monoisotopic (exact) mass is 459 g/mol. The highest BCUT2D eigenvalue weighted by Crippen LogP contribution is 2.37. The Morgan fingerprint density at radius 1 is 1.00 bits per heavy atom. The van der Waals surface area contributed by atoms with Gasteiger partial charge in [0.1, 0.15) is 5.01 Å². The molecule has 5 rings (SSSR count). The molecule has 32 heavy (non-hydrogen) atoms. The van der Waals surface area contributed by atoms with Crippen LogP contribution in [-0.4, -0.2) is 27.3 Å². The van der Waals surface area contributed by atoms with Gasteiger partial charge in [-0.05, 0) is 42.0 Å². The molecule has 1 saturated heterocycles. The molecule has 3 aromatic heterocycles. The largest absolute Gasteiger partial charge is 0.335 e. The van der Waals surface area contributed by atoms with Crippen LogP contribution in [-0.2, 0) is 11.2 Å². The van der Waals surface area contributed by atoms with Crippen LogP contribution in [0.2, 0.25) is 0 Å². The number of thiazole rings is 1. The van der Waals surface area contributed by atoms with Gasteiger partial charge in [0.15, 0.2) is 0 Å². The van der Waals surface area contributed by atoms with Gasteiger partial charge in [-0.3, -0.25) is 9.78 Å². The van der Waals surface area contributed by atoms with Crippen molar-refractivity contribution in [2.45, 2.75) is 38.1 Å². The van der Waals surface area contributed by atoms with Gasteiger partial charge in [-0.15, -0.1) is 22.7 Å². The van der Waals surface area contributed by atoms with E-state index in [1.807, 2.05) is 48.8 Å². The predicted octanol–water partition coefficient (Wildman–Crippen LogP) is 6.62. The van der Waals surface area contributed by atoms with E-state index in [1.54, 1.807) is 22.7 Å². The zero-order valence-electron chi connectivity index (χ0n) is 17.8. The number of hydrogen-bond donors (Lipinski definition) is 0. The number of amides is 1. The summed E-state index contributed by atoms with van der Waals surface area (Å²) in [6, 6.07) is 18.6. The van der Waals surface area contributed by atoms with Crippen molar-refractivity contribution in [3.63, 3.8) is 0 Å². The Morgan fingerprint density at radius 3 is 2.62 bits per heavy atom. The maximum absolute atomic E-state index is 13.7. The lowest BCUT2D eigenvalue weighted by Gasteiger charge is -2.30. The number of carbonyl (C=O) groups excluding carboxylic acids is 1. The van der Waals surface area contributed by atoms with E-state index in [-0.39, 0.29) is 11.9 Å². The van der Waals surface area contributed by atoms with Gasteiger partial charge in [0, 0.05) is 29.4 Å². The zero-order chi connectivity index (χ0) is 21.8. The van der Waals surface area contributed by atoms with Gasteiger partial charge in [0.2, 0.25) is 5.91 Å². The predicted molar refractivity (Wildman–Crippen MR) is 132 cm³/mol. The fourth-order valence-electron chi connectivity index (χ4n) is 4.36. The number of carbonyl (C=O) groups is 1. The number of hydrogen-bond acceptors (Lipinski definition) is 5. The first-order valence-electron chi connectivity index (χ1n) is 11.1. The third-order valence-corrected chi connectivity index (χ3v) is 7.93. The van der Waals surface area contributed by atoms with Crippen molar-refractivity contribution < 1.29 is 4.79 Å². The van der Waals surface area contributed by atoms with Crippen LogP contribution in [0.1, 0.15) is 42.2 Å². The molecule has 1 unspecified atom stereocenters. The summed E-state index contributed by atoms with van der Waals surface area (Å²) >= 11 is 3.32. The van der Waals surface area contributed by atoms with Crippen molar-refractivity contribution in [2.75, 3.05) is 6.54 Å². The molecule has 4 aromatic rings. The fraction of sp³-hybridized carbons (Fsp3) is 0.269. The first-order chi connectivity index (χ1) is 15.8. The summed E-state index contributed by atoms with van der Waals surface area (Å²) < 4.78 is 0. The Bertz CT molecular complexity index is 1160. The second kappa shape index (κ2) is 9.76. The second-order valence-corrected chi connectivity index (χ2v) is 10.1. The molecule has 0 N–H and O–H groups in total. The quantitative estimate of drug-likeness (QED) is 0.337. The van der Waals surface area contributed by atoms with E-state index in [9.17, 15) is 4.79 Å². The van der Waals surface area contributed by atoms with Crippen LogP contribution in [0, 0.1) is 0 Å². The summed E-state index contributed by atoms with van der Waals surface area (Å²) in [6.45, 7) is 0.810. The number of benzene rings is 1. The minimum atomic E-state index is 0.125. The fourth-order valence-corrected chi connectivity index (χ4v) is 6.24. The SMILES string of the molecule is O=C(Cc1sc(-c2ccccc2)nc1-c1cccs1)N1CCCCCC1c1ccncc1. The molecule has 1 atom stereocenters. The molecule has 1 aliphatic heterocycles. The third kappa shape index (κ3) is 4.52. The molecule has 6 heteroatoms. The van der Waals surface area contributed by atoms with Crippen molar-refractivity contribution >= 4 is 28.6 Å². The normalized spacial score (nSPS) is 16.6. The molecular weight excluding hydrogens is 434 g/mol. The second-order valence-electron chi connectivity index (χ2n) is 8.04. The van der Waals surface area contributed by atoms with E-state index in [2.05, 4.69) is 33.5 Å². The topological polar surface area (TPSA) is 46.1 Å². The summed E-state index contributed by atoms with van der Waals surface area (Å²) in [7, 11) is 0. The first-order valence-corrected chi connectivity index (χ1v) is 12.8. The molecular formula is C26H25N3OS2. The highest BCUT2D eigenvalue weighted by Gasteiger charge is 2.28. The van der Waals surface area contributed by atoms with Gasteiger partial charge in [0.25, 0.3) is 0 Å². The molecule has 1 aromatic carbocycles. The Morgan fingerprint density at radius 2 is 1.84 bits per heavy atom. The van der Waals surface area contributed by atoms with E-state index >= 15 is 0 Å². The number of nitrogens with zero attached hydrogens (tertiary/aromatic N) is 3. The van der Waals surface area contributed by atoms with Crippen molar-refractivity contribution in [2.24, 2.45) is 0 Å². The molecule has 1 fully saturated rings. The number of thiophene rings is 1. The minimum Gasteiger partial charge on any atom is -0.335 e. The minimum absolute atomic E-state index is 0.125. The van der Waals surface area contributed by atoms with E-state index in [4.69, 9.17) is 4.98 Å². The Kier molecular flexibility index (Phi) is 6.41. The van der Waals surface area contributed by atoms with E-state index in [0.717, 1.165) is 51.8 Å². The van der Waals surface area contributed by atoms with E-state index in [0.29, 0.717) is 6.42 Å². The third-order valence-electron chi connectivity index (χ3n) is 5.95. The van der Waals surface area contributed by atoms with Crippen LogP contribution in [0.3, 0.4) is 0 Å². The number of aromatic nitrogens is 2. The smallest absolute Gasteiger partial charge is 0.228 e. The van der Waals surface area contributed by atoms with Gasteiger partial charge < -0.3 is 4.90 Å². The molecule has 1 amide bonds. The Hall–Kier alpha value is -2.83. The van der Waals surface area contributed by atoms with Gasteiger partial charge in [-0.2, -0.15) is 0 Å². The maximum Gasteiger partial charge on any atom is 0.228 e. The molecule has 0 bridgehead atoms. The van der Waals surface area contributed by atoms with Gasteiger partial charge >= 0.3 is 0 Å². The standard InChI is InChI=1S/C26H25N3OS2/c30-24(29-16-6-2-5-10-21(29)19-12-14-27-15-13-19)18-23-25(22-11-7-17-31-22)28-26(32-23)20-8-3-1-4-9-20/h1,3-4,7-9,11-15,17,21H,2,5-6,10,16,18H2. The molecule has 0 radical (unpaired) electrons. The lowest BCUT2D eigenvalue weighted by molar-refractivity contribution is -0.132. The van der Waals surface area contributed by atoms with Gasteiger partial charge in [-0.1, -0.05) is 49.2 Å². The molecule has 1 aliphatic rings. The number of rotatable bonds is 5. The number of likely N-dealkylation sites (tertiary alicyclic amines) is 1. The van der Waals surface area contributed by atoms with Crippen LogP contribution < -0.4 is 0 Å². The van der Waals surface area contributed by atoms with Gasteiger partial charge in [-0.25, -0.2) is 4.98 Å². The highest BCUT2D eigenvalue weighted by molar-refractivity contribution is 7.17. The van der Waals surface area contributed by atoms with Crippen LogP contribution in [0.25, 0.3) is 21.1 Å². The summed E-state index contributed by atoms with van der Waals surface area (Å²) in [5.74, 6) is 0.190. The Balaban J connectivity index is 1.47. The molecule has 0 saturated carbocycles. The lowest BCUT2D eigenvalue weighted by Crippen LogP contribution is -2.35. The van der Waals surface area contributed by atoms with Crippen LogP contribution in [0.4, 0.5) is 0 Å². The van der Waals surface area contributed by atoms with Crippen LogP contribution in [0.15, 0.2) is 72.4 Å².